The molecule has 0 radical (unpaired) electrons. The zero-order chi connectivity index (χ0) is 18.7. The smallest absolute Gasteiger partial charge is 0.262 e. The van der Waals surface area contributed by atoms with Gasteiger partial charge in [-0.2, -0.15) is 0 Å². The number of aromatic amines is 1. The first kappa shape index (κ1) is 18.4. The molecule has 0 aliphatic heterocycles. The molecular formula is C19H18ClN3O2S. The van der Waals surface area contributed by atoms with Crippen molar-refractivity contribution in [3.8, 4) is 0 Å². The molecule has 2 N–H and O–H groups in total. The number of hydrogen-bond acceptors (Lipinski definition) is 3. The van der Waals surface area contributed by atoms with Crippen LogP contribution in [0.3, 0.4) is 0 Å². The molecule has 1 aromatic heterocycles. The number of amides is 1. The lowest BCUT2D eigenvalue weighted by molar-refractivity contribution is -0.122. The van der Waals surface area contributed by atoms with Crippen LogP contribution in [0.25, 0.3) is 10.9 Å². The molecule has 3 rings (SSSR count). The second-order valence-electron chi connectivity index (χ2n) is 6.03. The predicted octanol–water partition coefficient (Wildman–Crippen LogP) is 3.98. The topological polar surface area (TPSA) is 66.9 Å². The van der Waals surface area contributed by atoms with Gasteiger partial charge in [0, 0.05) is 18.0 Å². The van der Waals surface area contributed by atoms with Gasteiger partial charge in [-0.1, -0.05) is 35.9 Å². The fourth-order valence-corrected chi connectivity index (χ4v) is 3.27. The van der Waals surface area contributed by atoms with Crippen molar-refractivity contribution in [1.29, 1.82) is 0 Å². The standard InChI is InChI=1S/C19H18ClN3O2S/c1-12(13-5-4-6-14(20)11-13)21-17(24)9-10-23-18(25)15-7-2-3-8-16(15)22-19(23)26/h2-8,11-12H,9-10H2,1H3,(H,21,24)(H,22,26). The first-order valence-corrected chi connectivity index (χ1v) is 9.01. The van der Waals surface area contributed by atoms with Gasteiger partial charge in [-0.05, 0) is 49.0 Å². The molecule has 0 saturated heterocycles. The van der Waals surface area contributed by atoms with E-state index in [1.54, 1.807) is 24.3 Å². The Hall–Kier alpha value is -2.44. The summed E-state index contributed by atoms with van der Waals surface area (Å²) < 4.78 is 1.73. The molecule has 1 unspecified atom stereocenters. The van der Waals surface area contributed by atoms with Gasteiger partial charge < -0.3 is 10.3 Å². The number of H-pyrrole nitrogens is 1. The van der Waals surface area contributed by atoms with Crippen LogP contribution in [0.15, 0.2) is 53.3 Å². The van der Waals surface area contributed by atoms with E-state index < -0.39 is 0 Å². The third-order valence-corrected chi connectivity index (χ3v) is 4.74. The molecule has 0 saturated carbocycles. The lowest BCUT2D eigenvalue weighted by Gasteiger charge is -2.15. The van der Waals surface area contributed by atoms with E-state index >= 15 is 0 Å². The zero-order valence-corrected chi connectivity index (χ0v) is 15.7. The van der Waals surface area contributed by atoms with Crippen LogP contribution in [0.4, 0.5) is 0 Å². The summed E-state index contributed by atoms with van der Waals surface area (Å²) in [4.78, 5) is 27.9. The summed E-state index contributed by atoms with van der Waals surface area (Å²) in [7, 11) is 0. The average Bonchev–Trinajstić information content (AvgIpc) is 2.61. The molecule has 2 aromatic carbocycles. The molecule has 1 heterocycles. The predicted molar refractivity (Wildman–Crippen MR) is 106 cm³/mol. The van der Waals surface area contributed by atoms with Crippen molar-refractivity contribution >= 4 is 40.6 Å². The number of aromatic nitrogens is 2. The summed E-state index contributed by atoms with van der Waals surface area (Å²) in [6.07, 6.45) is 0.153. The number of rotatable bonds is 5. The zero-order valence-electron chi connectivity index (χ0n) is 14.2. The Labute approximate surface area is 160 Å². The molecule has 0 bridgehead atoms. The van der Waals surface area contributed by atoms with E-state index in [2.05, 4.69) is 10.3 Å². The molecule has 7 heteroatoms. The van der Waals surface area contributed by atoms with Crippen molar-refractivity contribution in [3.63, 3.8) is 0 Å². The first-order valence-electron chi connectivity index (χ1n) is 8.22. The normalized spacial score (nSPS) is 12.1. The maximum absolute atomic E-state index is 12.6. The van der Waals surface area contributed by atoms with Crippen LogP contribution in [-0.2, 0) is 11.3 Å². The average molecular weight is 388 g/mol. The van der Waals surface area contributed by atoms with Crippen LogP contribution in [-0.4, -0.2) is 15.5 Å². The molecule has 0 aliphatic carbocycles. The maximum atomic E-state index is 12.6. The summed E-state index contributed by atoms with van der Waals surface area (Å²) in [6.45, 7) is 2.10. The van der Waals surface area contributed by atoms with E-state index in [0.29, 0.717) is 20.7 Å². The number of fused-ring (bicyclic) bond motifs is 1. The highest BCUT2D eigenvalue weighted by Crippen LogP contribution is 2.17. The number of halogens is 1. The van der Waals surface area contributed by atoms with Gasteiger partial charge in [0.05, 0.1) is 16.9 Å². The van der Waals surface area contributed by atoms with Gasteiger partial charge in [0.25, 0.3) is 5.56 Å². The maximum Gasteiger partial charge on any atom is 0.262 e. The van der Waals surface area contributed by atoms with Crippen LogP contribution in [0.2, 0.25) is 5.02 Å². The second-order valence-corrected chi connectivity index (χ2v) is 6.85. The van der Waals surface area contributed by atoms with Gasteiger partial charge in [-0.25, -0.2) is 0 Å². The third kappa shape index (κ3) is 4.03. The van der Waals surface area contributed by atoms with Crippen LogP contribution in [0, 0.1) is 4.77 Å². The largest absolute Gasteiger partial charge is 0.350 e. The van der Waals surface area contributed by atoms with Crippen LogP contribution in [0.5, 0.6) is 0 Å². The number of carbonyl (C=O) groups is 1. The van der Waals surface area contributed by atoms with Gasteiger partial charge in [0.15, 0.2) is 4.77 Å². The monoisotopic (exact) mass is 387 g/mol. The van der Waals surface area contributed by atoms with Crippen LogP contribution in [0.1, 0.15) is 24.9 Å². The van der Waals surface area contributed by atoms with Crippen LogP contribution >= 0.6 is 23.8 Å². The van der Waals surface area contributed by atoms with Gasteiger partial charge in [-0.15, -0.1) is 0 Å². The molecule has 26 heavy (non-hydrogen) atoms. The minimum absolute atomic E-state index is 0.153. The van der Waals surface area contributed by atoms with Crippen molar-refractivity contribution in [2.75, 3.05) is 0 Å². The minimum atomic E-state index is -0.194. The number of nitrogens with one attached hydrogen (secondary N) is 2. The van der Waals surface area contributed by atoms with E-state index in [4.69, 9.17) is 23.8 Å². The lowest BCUT2D eigenvalue weighted by Crippen LogP contribution is -2.30. The summed E-state index contributed by atoms with van der Waals surface area (Å²) in [6, 6.07) is 14.3. The molecular weight excluding hydrogens is 370 g/mol. The summed E-state index contributed by atoms with van der Waals surface area (Å²) >= 11 is 11.2. The minimum Gasteiger partial charge on any atom is -0.350 e. The first-order chi connectivity index (χ1) is 12.5. The highest BCUT2D eigenvalue weighted by Gasteiger charge is 2.11. The van der Waals surface area contributed by atoms with Gasteiger partial charge in [0.2, 0.25) is 5.91 Å². The summed E-state index contributed by atoms with van der Waals surface area (Å²) in [5.74, 6) is -0.160. The molecule has 1 atom stereocenters. The molecule has 1 amide bonds. The SMILES string of the molecule is CC(NC(=O)CCn1c(=S)[nH]c2ccccc2c1=O)c1cccc(Cl)c1. The highest BCUT2D eigenvalue weighted by molar-refractivity contribution is 7.71. The Bertz CT molecular complexity index is 1070. The number of carbonyl (C=O) groups excluding carboxylic acids is 1. The Morgan fingerprint density at radius 3 is 2.81 bits per heavy atom. The Kier molecular flexibility index (Phi) is 5.54. The quantitative estimate of drug-likeness (QED) is 0.651. The van der Waals surface area contributed by atoms with Crippen molar-refractivity contribution in [3.05, 3.63) is 74.2 Å². The molecule has 134 valence electrons. The Morgan fingerprint density at radius 1 is 1.27 bits per heavy atom. The number of para-hydroxylation sites is 1. The van der Waals surface area contributed by atoms with E-state index in [-0.39, 0.29) is 30.5 Å². The summed E-state index contributed by atoms with van der Waals surface area (Å²) in [5.41, 5.74) is 1.42. The lowest BCUT2D eigenvalue weighted by atomic mass is 10.1. The highest BCUT2D eigenvalue weighted by atomic mass is 35.5. The summed E-state index contributed by atoms with van der Waals surface area (Å²) in [5, 5.41) is 4.09. The van der Waals surface area contributed by atoms with Gasteiger partial charge >= 0.3 is 0 Å². The van der Waals surface area contributed by atoms with Crippen molar-refractivity contribution in [1.82, 2.24) is 14.9 Å². The Balaban J connectivity index is 1.71. The molecule has 0 fully saturated rings. The molecule has 0 spiro atoms. The van der Waals surface area contributed by atoms with Crippen molar-refractivity contribution in [2.45, 2.75) is 25.9 Å². The number of benzene rings is 2. The second kappa shape index (κ2) is 7.85. The Morgan fingerprint density at radius 2 is 2.04 bits per heavy atom. The third-order valence-electron chi connectivity index (χ3n) is 4.18. The van der Waals surface area contributed by atoms with E-state index in [1.807, 2.05) is 31.2 Å². The van der Waals surface area contributed by atoms with Crippen molar-refractivity contribution < 1.29 is 4.79 Å². The van der Waals surface area contributed by atoms with Gasteiger partial charge in [-0.3, -0.25) is 14.2 Å². The number of hydrogen-bond donors (Lipinski definition) is 2. The van der Waals surface area contributed by atoms with E-state index in [1.165, 1.54) is 4.57 Å². The number of nitrogens with zero attached hydrogens (tertiary/aromatic N) is 1. The fourth-order valence-electron chi connectivity index (χ4n) is 2.79. The van der Waals surface area contributed by atoms with E-state index in [9.17, 15) is 9.59 Å². The molecule has 5 nitrogen and oxygen atoms in total. The van der Waals surface area contributed by atoms with Crippen LogP contribution < -0.4 is 10.9 Å². The molecule has 0 aliphatic rings. The fraction of sp³-hybridized carbons (Fsp3) is 0.211. The van der Waals surface area contributed by atoms with Crippen molar-refractivity contribution in [2.24, 2.45) is 0 Å². The molecule has 3 aromatic rings. The van der Waals surface area contributed by atoms with Gasteiger partial charge in [0.1, 0.15) is 0 Å². The van der Waals surface area contributed by atoms with E-state index in [0.717, 1.165) is 5.56 Å².